The van der Waals surface area contributed by atoms with E-state index in [1.54, 1.807) is 6.07 Å². The number of phenols is 1. The molecule has 2 N–H and O–H groups in total. The molecule has 0 aliphatic carbocycles. The fourth-order valence-corrected chi connectivity index (χ4v) is 2.55. The first-order chi connectivity index (χ1) is 9.38. The Morgan fingerprint density at radius 2 is 1.70 bits per heavy atom. The highest BCUT2D eigenvalue weighted by Crippen LogP contribution is 2.27. The van der Waals surface area contributed by atoms with E-state index in [0.29, 0.717) is 16.3 Å². The third-order valence-corrected chi connectivity index (χ3v) is 3.42. The Balaban J connectivity index is 2.33. The lowest BCUT2D eigenvalue weighted by molar-refractivity contribution is 0.102. The van der Waals surface area contributed by atoms with Crippen LogP contribution in [0.15, 0.2) is 30.3 Å². The molecule has 2 aromatic rings. The molecule has 20 heavy (non-hydrogen) atoms. The molecular weight excluding hydrogens is 274 g/mol. The highest BCUT2D eigenvalue weighted by molar-refractivity contribution is 6.34. The van der Waals surface area contributed by atoms with Gasteiger partial charge >= 0.3 is 0 Å². The number of amides is 1. The van der Waals surface area contributed by atoms with E-state index in [4.69, 9.17) is 11.6 Å². The topological polar surface area (TPSA) is 49.3 Å². The summed E-state index contributed by atoms with van der Waals surface area (Å²) in [6.45, 7) is 5.82. The van der Waals surface area contributed by atoms with Crippen LogP contribution in [-0.2, 0) is 0 Å². The Hall–Kier alpha value is -2.00. The fourth-order valence-electron chi connectivity index (χ4n) is 2.33. The highest BCUT2D eigenvalue weighted by Gasteiger charge is 2.14. The van der Waals surface area contributed by atoms with Gasteiger partial charge in [0.2, 0.25) is 0 Å². The van der Waals surface area contributed by atoms with Gasteiger partial charge in [-0.15, -0.1) is 0 Å². The van der Waals surface area contributed by atoms with Crippen LogP contribution < -0.4 is 5.32 Å². The summed E-state index contributed by atoms with van der Waals surface area (Å²) in [5.74, 6) is -0.136. The van der Waals surface area contributed by atoms with Crippen molar-refractivity contribution in [1.82, 2.24) is 0 Å². The lowest BCUT2D eigenvalue weighted by Crippen LogP contribution is -2.15. The van der Waals surface area contributed by atoms with Gasteiger partial charge in [0.05, 0.1) is 10.7 Å². The van der Waals surface area contributed by atoms with E-state index in [1.165, 1.54) is 12.1 Å². The molecule has 0 atom stereocenters. The Kier molecular flexibility index (Phi) is 4.00. The second kappa shape index (κ2) is 5.55. The SMILES string of the molecule is Cc1cc(C)c(C(=O)Nc2ccc(O)cc2Cl)c(C)c1. The van der Waals surface area contributed by atoms with Crippen molar-refractivity contribution < 1.29 is 9.90 Å². The number of carbonyl (C=O) groups excluding carboxylic acids is 1. The molecule has 4 heteroatoms. The first kappa shape index (κ1) is 14.4. The van der Waals surface area contributed by atoms with Crippen LogP contribution in [0, 0.1) is 20.8 Å². The van der Waals surface area contributed by atoms with Crippen molar-refractivity contribution in [2.45, 2.75) is 20.8 Å². The summed E-state index contributed by atoms with van der Waals surface area (Å²) in [4.78, 5) is 12.4. The van der Waals surface area contributed by atoms with Crippen molar-refractivity contribution >= 4 is 23.2 Å². The number of halogens is 1. The van der Waals surface area contributed by atoms with E-state index in [1.807, 2.05) is 32.9 Å². The number of rotatable bonds is 2. The standard InChI is InChI=1S/C16H16ClNO2/c1-9-6-10(2)15(11(3)7-9)16(20)18-14-5-4-12(19)8-13(14)17/h4-8,19H,1-3H3,(H,18,20). The van der Waals surface area contributed by atoms with Gasteiger partial charge in [-0.1, -0.05) is 29.3 Å². The first-order valence-electron chi connectivity index (χ1n) is 6.26. The maximum Gasteiger partial charge on any atom is 0.256 e. The summed E-state index contributed by atoms with van der Waals surface area (Å²) in [6.07, 6.45) is 0. The van der Waals surface area contributed by atoms with Crippen LogP contribution >= 0.6 is 11.6 Å². The highest BCUT2D eigenvalue weighted by atomic mass is 35.5. The molecule has 2 aromatic carbocycles. The maximum atomic E-state index is 12.4. The van der Waals surface area contributed by atoms with Crippen molar-refractivity contribution in [2.24, 2.45) is 0 Å². The van der Waals surface area contributed by atoms with Crippen molar-refractivity contribution in [3.63, 3.8) is 0 Å². The maximum absolute atomic E-state index is 12.4. The smallest absolute Gasteiger partial charge is 0.256 e. The van der Waals surface area contributed by atoms with E-state index in [2.05, 4.69) is 5.32 Å². The number of nitrogens with one attached hydrogen (secondary N) is 1. The quantitative estimate of drug-likeness (QED) is 0.813. The predicted octanol–water partition coefficient (Wildman–Crippen LogP) is 4.22. The summed E-state index contributed by atoms with van der Waals surface area (Å²) in [5, 5.41) is 12.4. The van der Waals surface area contributed by atoms with Crippen LogP contribution in [-0.4, -0.2) is 11.0 Å². The number of anilines is 1. The molecule has 0 unspecified atom stereocenters. The summed E-state index contributed by atoms with van der Waals surface area (Å²) in [6, 6.07) is 8.40. The van der Waals surface area contributed by atoms with Gasteiger partial charge in [0.15, 0.2) is 0 Å². The Labute approximate surface area is 123 Å². The predicted molar refractivity (Wildman–Crippen MR) is 81.7 cm³/mol. The summed E-state index contributed by atoms with van der Waals surface area (Å²) >= 11 is 5.99. The zero-order valence-electron chi connectivity index (χ0n) is 11.6. The van der Waals surface area contributed by atoms with Crippen LogP contribution in [0.4, 0.5) is 5.69 Å². The summed E-state index contributed by atoms with van der Waals surface area (Å²) in [5.41, 5.74) is 4.11. The minimum absolute atomic E-state index is 0.0655. The number of aromatic hydroxyl groups is 1. The molecule has 3 nitrogen and oxygen atoms in total. The number of carbonyl (C=O) groups is 1. The zero-order chi connectivity index (χ0) is 14.9. The minimum atomic E-state index is -0.201. The molecule has 0 aliphatic rings. The molecular formula is C16H16ClNO2. The Morgan fingerprint density at radius 3 is 2.25 bits per heavy atom. The van der Waals surface area contributed by atoms with E-state index in [0.717, 1.165) is 16.7 Å². The van der Waals surface area contributed by atoms with Gasteiger partial charge in [0, 0.05) is 11.6 Å². The van der Waals surface area contributed by atoms with Gasteiger partial charge in [0.1, 0.15) is 5.75 Å². The van der Waals surface area contributed by atoms with Crippen molar-refractivity contribution in [2.75, 3.05) is 5.32 Å². The van der Waals surface area contributed by atoms with Crippen molar-refractivity contribution in [1.29, 1.82) is 0 Å². The van der Waals surface area contributed by atoms with Gasteiger partial charge in [-0.25, -0.2) is 0 Å². The van der Waals surface area contributed by atoms with Crippen LogP contribution in [0.5, 0.6) is 5.75 Å². The monoisotopic (exact) mass is 289 g/mol. The van der Waals surface area contributed by atoms with Crippen LogP contribution in [0.3, 0.4) is 0 Å². The second-order valence-corrected chi connectivity index (χ2v) is 5.30. The second-order valence-electron chi connectivity index (χ2n) is 4.89. The molecule has 0 aromatic heterocycles. The van der Waals surface area contributed by atoms with Gasteiger partial charge in [-0.3, -0.25) is 4.79 Å². The van der Waals surface area contributed by atoms with Gasteiger partial charge in [-0.2, -0.15) is 0 Å². The molecule has 104 valence electrons. The minimum Gasteiger partial charge on any atom is -0.508 e. The zero-order valence-corrected chi connectivity index (χ0v) is 12.4. The molecule has 0 bridgehead atoms. The molecule has 0 radical (unpaired) electrons. The number of aryl methyl sites for hydroxylation is 3. The lowest BCUT2D eigenvalue weighted by atomic mass is 9.99. The van der Waals surface area contributed by atoms with E-state index >= 15 is 0 Å². The number of phenolic OH excluding ortho intramolecular Hbond substituents is 1. The van der Waals surface area contributed by atoms with Gasteiger partial charge < -0.3 is 10.4 Å². The molecule has 0 heterocycles. The number of hydrogen-bond donors (Lipinski definition) is 2. The normalized spacial score (nSPS) is 10.4. The molecule has 2 rings (SSSR count). The van der Waals surface area contributed by atoms with Crippen molar-refractivity contribution in [3.05, 3.63) is 57.6 Å². The average Bonchev–Trinajstić information content (AvgIpc) is 2.31. The molecule has 0 spiro atoms. The number of benzene rings is 2. The third kappa shape index (κ3) is 2.94. The third-order valence-electron chi connectivity index (χ3n) is 3.10. The van der Waals surface area contributed by atoms with Crippen LogP contribution in [0.2, 0.25) is 5.02 Å². The molecule has 1 amide bonds. The van der Waals surface area contributed by atoms with E-state index in [-0.39, 0.29) is 11.7 Å². The van der Waals surface area contributed by atoms with Gasteiger partial charge in [-0.05, 0) is 44.0 Å². The van der Waals surface area contributed by atoms with Crippen molar-refractivity contribution in [3.8, 4) is 5.75 Å². The Bertz CT molecular complexity index is 657. The van der Waals surface area contributed by atoms with Crippen LogP contribution in [0.25, 0.3) is 0 Å². The molecule has 0 fully saturated rings. The average molecular weight is 290 g/mol. The molecule has 0 aliphatic heterocycles. The molecule has 0 saturated heterocycles. The largest absolute Gasteiger partial charge is 0.508 e. The summed E-state index contributed by atoms with van der Waals surface area (Å²) < 4.78 is 0. The summed E-state index contributed by atoms with van der Waals surface area (Å²) in [7, 11) is 0. The first-order valence-corrected chi connectivity index (χ1v) is 6.64. The van der Waals surface area contributed by atoms with Gasteiger partial charge in [0.25, 0.3) is 5.91 Å². The van der Waals surface area contributed by atoms with E-state index < -0.39 is 0 Å². The van der Waals surface area contributed by atoms with E-state index in [9.17, 15) is 9.90 Å². The fraction of sp³-hybridized carbons (Fsp3) is 0.188. The van der Waals surface area contributed by atoms with Crippen LogP contribution in [0.1, 0.15) is 27.0 Å². The lowest BCUT2D eigenvalue weighted by Gasteiger charge is -2.12. The Morgan fingerprint density at radius 1 is 1.10 bits per heavy atom. The number of hydrogen-bond acceptors (Lipinski definition) is 2. The molecule has 0 saturated carbocycles.